The van der Waals surface area contributed by atoms with Gasteiger partial charge in [0.2, 0.25) is 5.91 Å². The normalized spacial score (nSPS) is 14.4. The van der Waals surface area contributed by atoms with Crippen molar-refractivity contribution in [2.75, 3.05) is 35.2 Å². The van der Waals surface area contributed by atoms with Crippen LogP contribution in [0, 0.1) is 13.8 Å². The Morgan fingerprint density at radius 2 is 1.88 bits per heavy atom. The van der Waals surface area contributed by atoms with E-state index in [9.17, 15) is 4.79 Å². The lowest BCUT2D eigenvalue weighted by atomic mass is 10.1. The van der Waals surface area contributed by atoms with Crippen LogP contribution in [0.3, 0.4) is 0 Å². The predicted molar refractivity (Wildman–Crippen MR) is 102 cm³/mol. The van der Waals surface area contributed by atoms with Crippen LogP contribution in [0.4, 0.5) is 17.1 Å². The van der Waals surface area contributed by atoms with Crippen molar-refractivity contribution in [3.63, 3.8) is 0 Å². The van der Waals surface area contributed by atoms with E-state index in [2.05, 4.69) is 32.8 Å². The van der Waals surface area contributed by atoms with Gasteiger partial charge < -0.3 is 15.5 Å². The van der Waals surface area contributed by atoms with Crippen LogP contribution in [0.2, 0.25) is 0 Å². The van der Waals surface area contributed by atoms with Gasteiger partial charge in [-0.3, -0.25) is 9.48 Å². The van der Waals surface area contributed by atoms with Crippen LogP contribution in [0.5, 0.6) is 0 Å². The third-order valence-corrected chi connectivity index (χ3v) is 4.81. The third-order valence-electron chi connectivity index (χ3n) is 4.81. The summed E-state index contributed by atoms with van der Waals surface area (Å²) in [6.45, 7) is 6.26. The lowest BCUT2D eigenvalue weighted by Gasteiger charge is -2.30. The van der Waals surface area contributed by atoms with E-state index < -0.39 is 0 Å². The van der Waals surface area contributed by atoms with E-state index in [4.69, 9.17) is 0 Å². The first kappa shape index (κ1) is 17.3. The SMILES string of the molecule is Cc1nn(C)c(C)c1NC(=O)CNc1ccccc1N1CCCCC1. The number of aryl methyl sites for hydroxylation is 2. The zero-order chi connectivity index (χ0) is 17.8. The van der Waals surface area contributed by atoms with Crippen LogP contribution < -0.4 is 15.5 Å². The number of hydrogen-bond acceptors (Lipinski definition) is 4. The van der Waals surface area contributed by atoms with Crippen molar-refractivity contribution in [3.8, 4) is 0 Å². The number of benzene rings is 1. The van der Waals surface area contributed by atoms with Crippen molar-refractivity contribution < 1.29 is 4.79 Å². The van der Waals surface area contributed by atoms with Gasteiger partial charge in [0.1, 0.15) is 0 Å². The quantitative estimate of drug-likeness (QED) is 0.877. The van der Waals surface area contributed by atoms with Gasteiger partial charge in [-0.05, 0) is 45.2 Å². The fourth-order valence-corrected chi connectivity index (χ4v) is 3.35. The van der Waals surface area contributed by atoms with Crippen molar-refractivity contribution in [1.29, 1.82) is 0 Å². The lowest BCUT2D eigenvalue weighted by molar-refractivity contribution is -0.114. The highest BCUT2D eigenvalue weighted by molar-refractivity contribution is 5.95. The molecule has 0 bridgehead atoms. The Morgan fingerprint density at radius 3 is 2.56 bits per heavy atom. The molecule has 1 aromatic heterocycles. The number of anilines is 3. The molecular weight excluding hydrogens is 314 g/mol. The first-order chi connectivity index (χ1) is 12.1. The van der Waals surface area contributed by atoms with Crippen LogP contribution in [-0.4, -0.2) is 35.3 Å². The fourth-order valence-electron chi connectivity index (χ4n) is 3.35. The third kappa shape index (κ3) is 3.95. The lowest BCUT2D eigenvalue weighted by Crippen LogP contribution is -2.30. The molecule has 1 saturated heterocycles. The number of rotatable bonds is 5. The zero-order valence-corrected chi connectivity index (χ0v) is 15.3. The molecule has 6 nitrogen and oxygen atoms in total. The van der Waals surface area contributed by atoms with Gasteiger partial charge in [0, 0.05) is 20.1 Å². The molecule has 2 aromatic rings. The van der Waals surface area contributed by atoms with Gasteiger partial charge >= 0.3 is 0 Å². The first-order valence-electron chi connectivity index (χ1n) is 8.94. The monoisotopic (exact) mass is 341 g/mol. The number of carbonyl (C=O) groups excluding carboxylic acids is 1. The second kappa shape index (κ2) is 7.59. The van der Waals surface area contributed by atoms with Gasteiger partial charge in [-0.25, -0.2) is 0 Å². The minimum Gasteiger partial charge on any atom is -0.374 e. The number of para-hydroxylation sites is 2. The van der Waals surface area contributed by atoms with Gasteiger partial charge in [0.05, 0.1) is 35.0 Å². The maximum atomic E-state index is 12.4. The van der Waals surface area contributed by atoms with Crippen LogP contribution in [-0.2, 0) is 11.8 Å². The molecule has 1 aromatic carbocycles. The Labute approximate surface area is 149 Å². The summed E-state index contributed by atoms with van der Waals surface area (Å²) < 4.78 is 1.78. The smallest absolute Gasteiger partial charge is 0.243 e. The molecule has 2 heterocycles. The van der Waals surface area contributed by atoms with Crippen molar-refractivity contribution in [2.24, 2.45) is 7.05 Å². The topological polar surface area (TPSA) is 62.2 Å². The molecule has 1 amide bonds. The Kier molecular flexibility index (Phi) is 5.26. The molecule has 3 rings (SSSR count). The van der Waals surface area contributed by atoms with Gasteiger partial charge in [-0.2, -0.15) is 5.10 Å². The maximum Gasteiger partial charge on any atom is 0.243 e. The molecule has 0 saturated carbocycles. The van der Waals surface area contributed by atoms with E-state index in [1.165, 1.54) is 24.9 Å². The minimum atomic E-state index is -0.0624. The number of piperidine rings is 1. The Bertz CT molecular complexity index is 746. The summed E-state index contributed by atoms with van der Waals surface area (Å²) in [7, 11) is 1.88. The minimum absolute atomic E-state index is 0.0624. The second-order valence-electron chi connectivity index (χ2n) is 6.64. The van der Waals surface area contributed by atoms with Crippen LogP contribution in [0.25, 0.3) is 0 Å². The van der Waals surface area contributed by atoms with E-state index in [1.807, 2.05) is 33.0 Å². The summed E-state index contributed by atoms with van der Waals surface area (Å²) in [6.07, 6.45) is 3.76. The van der Waals surface area contributed by atoms with Gasteiger partial charge in [-0.15, -0.1) is 0 Å². The summed E-state index contributed by atoms with van der Waals surface area (Å²) >= 11 is 0. The van der Waals surface area contributed by atoms with E-state index in [-0.39, 0.29) is 12.5 Å². The molecule has 2 N–H and O–H groups in total. The largest absolute Gasteiger partial charge is 0.374 e. The molecule has 0 spiro atoms. The molecule has 1 aliphatic rings. The van der Waals surface area contributed by atoms with E-state index >= 15 is 0 Å². The first-order valence-corrected chi connectivity index (χ1v) is 8.94. The highest BCUT2D eigenvalue weighted by Crippen LogP contribution is 2.28. The molecule has 0 aliphatic carbocycles. The van der Waals surface area contributed by atoms with E-state index in [0.29, 0.717) is 0 Å². The number of carbonyl (C=O) groups is 1. The Balaban J connectivity index is 1.64. The molecule has 1 aliphatic heterocycles. The zero-order valence-electron chi connectivity index (χ0n) is 15.3. The summed E-state index contributed by atoms with van der Waals surface area (Å²) in [5, 5.41) is 10.6. The molecule has 0 unspecified atom stereocenters. The molecule has 25 heavy (non-hydrogen) atoms. The number of aromatic nitrogens is 2. The highest BCUT2D eigenvalue weighted by Gasteiger charge is 2.16. The summed E-state index contributed by atoms with van der Waals surface area (Å²) in [5.41, 5.74) is 4.79. The Morgan fingerprint density at radius 1 is 1.16 bits per heavy atom. The van der Waals surface area contributed by atoms with Crippen molar-refractivity contribution in [3.05, 3.63) is 35.7 Å². The Hall–Kier alpha value is -2.50. The summed E-state index contributed by atoms with van der Waals surface area (Å²) in [4.78, 5) is 14.8. The van der Waals surface area contributed by atoms with Crippen LogP contribution in [0.1, 0.15) is 30.7 Å². The number of amides is 1. The molecule has 134 valence electrons. The number of hydrogen-bond donors (Lipinski definition) is 2. The molecule has 0 atom stereocenters. The standard InChI is InChI=1S/C19H27N5O/c1-14-19(15(2)23(3)22-14)21-18(25)13-20-16-9-5-6-10-17(16)24-11-7-4-8-12-24/h5-6,9-10,20H,4,7-8,11-13H2,1-3H3,(H,21,25). The average molecular weight is 341 g/mol. The van der Waals surface area contributed by atoms with E-state index in [0.717, 1.165) is 35.9 Å². The average Bonchev–Trinajstić information content (AvgIpc) is 2.87. The second-order valence-corrected chi connectivity index (χ2v) is 6.64. The number of nitrogens with zero attached hydrogens (tertiary/aromatic N) is 3. The molecular formula is C19H27N5O. The van der Waals surface area contributed by atoms with Crippen molar-refractivity contribution >= 4 is 23.0 Å². The van der Waals surface area contributed by atoms with Crippen molar-refractivity contribution in [1.82, 2.24) is 9.78 Å². The van der Waals surface area contributed by atoms with Crippen LogP contribution >= 0.6 is 0 Å². The predicted octanol–water partition coefficient (Wildman–Crippen LogP) is 3.08. The number of nitrogens with one attached hydrogen (secondary N) is 2. The molecule has 1 fully saturated rings. The summed E-state index contributed by atoms with van der Waals surface area (Å²) in [5.74, 6) is -0.0624. The maximum absolute atomic E-state index is 12.4. The summed E-state index contributed by atoms with van der Waals surface area (Å²) in [6, 6.07) is 8.22. The van der Waals surface area contributed by atoms with Crippen LogP contribution in [0.15, 0.2) is 24.3 Å². The van der Waals surface area contributed by atoms with Crippen molar-refractivity contribution in [2.45, 2.75) is 33.1 Å². The van der Waals surface area contributed by atoms with E-state index in [1.54, 1.807) is 4.68 Å². The van der Waals surface area contributed by atoms with Gasteiger partial charge in [0.15, 0.2) is 0 Å². The van der Waals surface area contributed by atoms with Gasteiger partial charge in [0.25, 0.3) is 0 Å². The fraction of sp³-hybridized carbons (Fsp3) is 0.474. The molecule has 6 heteroatoms. The molecule has 0 radical (unpaired) electrons. The van der Waals surface area contributed by atoms with Gasteiger partial charge in [-0.1, -0.05) is 12.1 Å². The highest BCUT2D eigenvalue weighted by atomic mass is 16.1.